The molecule has 0 fully saturated rings. The van der Waals surface area contributed by atoms with Gasteiger partial charge in [0.1, 0.15) is 11.0 Å². The van der Waals surface area contributed by atoms with Gasteiger partial charge in [0.2, 0.25) is 0 Å². The van der Waals surface area contributed by atoms with E-state index in [-0.39, 0.29) is 11.8 Å². The number of carbonyl (C=O) groups excluding carboxylic acids is 1. The van der Waals surface area contributed by atoms with Gasteiger partial charge < -0.3 is 10.4 Å². The molecule has 0 aliphatic heterocycles. The summed E-state index contributed by atoms with van der Waals surface area (Å²) in [5.74, 6) is -1.21. The highest BCUT2D eigenvalue weighted by Gasteiger charge is 2.22. The Kier molecular flexibility index (Phi) is 5.50. The Balaban J connectivity index is 2.17. The first-order valence-electron chi connectivity index (χ1n) is 7.43. The molecule has 5 nitrogen and oxygen atoms in total. The van der Waals surface area contributed by atoms with E-state index in [4.69, 9.17) is 0 Å². The number of rotatable bonds is 6. The molecule has 2 rings (SSSR count). The molecule has 1 amide bonds. The van der Waals surface area contributed by atoms with Gasteiger partial charge in [0, 0.05) is 22.2 Å². The first kappa shape index (κ1) is 17.1. The number of nitrogens with one attached hydrogen (secondary N) is 1. The zero-order chi connectivity index (χ0) is 17.0. The second-order valence-corrected chi connectivity index (χ2v) is 6.73. The van der Waals surface area contributed by atoms with E-state index in [1.807, 2.05) is 32.2 Å². The molecule has 0 aliphatic rings. The number of aromatic nitrogens is 1. The lowest BCUT2D eigenvalue weighted by Gasteiger charge is -2.16. The summed E-state index contributed by atoms with van der Waals surface area (Å²) in [6, 6.07) is 6.19. The molecule has 1 heterocycles. The highest BCUT2D eigenvalue weighted by atomic mass is 32.1. The van der Waals surface area contributed by atoms with Gasteiger partial charge in [-0.05, 0) is 31.4 Å². The third-order valence-corrected chi connectivity index (χ3v) is 4.31. The smallest absolute Gasteiger partial charge is 0.326 e. The molecule has 0 radical (unpaired) electrons. The van der Waals surface area contributed by atoms with E-state index in [1.165, 1.54) is 11.3 Å². The van der Waals surface area contributed by atoms with E-state index in [2.05, 4.69) is 10.3 Å². The standard InChI is InChI=1S/C17H20N2O3S/c1-10(2)7-14(17(21)22)19-15(20)12-5-4-6-13(8-12)16-18-11(3)9-23-16/h4-6,8-10,14H,7H2,1-3H3,(H,19,20)(H,21,22)/t14-/m0/s1. The molecule has 0 spiro atoms. The van der Waals surface area contributed by atoms with Crippen molar-refractivity contribution in [2.75, 3.05) is 0 Å². The van der Waals surface area contributed by atoms with E-state index in [9.17, 15) is 14.7 Å². The number of carboxylic acid groups (broad SMARTS) is 1. The van der Waals surface area contributed by atoms with Crippen molar-refractivity contribution in [3.05, 3.63) is 40.9 Å². The summed E-state index contributed by atoms with van der Waals surface area (Å²) >= 11 is 1.51. The molecule has 0 unspecified atom stereocenters. The van der Waals surface area contributed by atoms with E-state index in [1.54, 1.807) is 18.2 Å². The molecule has 1 atom stereocenters. The lowest BCUT2D eigenvalue weighted by Crippen LogP contribution is -2.41. The van der Waals surface area contributed by atoms with Crippen LogP contribution < -0.4 is 5.32 Å². The molecule has 1 aromatic heterocycles. The minimum atomic E-state index is -1.02. The van der Waals surface area contributed by atoms with Crippen LogP contribution in [0.2, 0.25) is 0 Å². The topological polar surface area (TPSA) is 79.3 Å². The van der Waals surface area contributed by atoms with Crippen LogP contribution in [-0.4, -0.2) is 28.0 Å². The number of carbonyl (C=O) groups is 2. The lowest BCUT2D eigenvalue weighted by molar-refractivity contribution is -0.139. The summed E-state index contributed by atoms with van der Waals surface area (Å²) in [4.78, 5) is 28.0. The Labute approximate surface area is 139 Å². The number of thiazole rings is 1. The molecular formula is C17H20N2O3S. The summed E-state index contributed by atoms with van der Waals surface area (Å²) in [6.07, 6.45) is 0.395. The maximum atomic E-state index is 12.3. The van der Waals surface area contributed by atoms with Crippen LogP contribution >= 0.6 is 11.3 Å². The van der Waals surface area contributed by atoms with Crippen molar-refractivity contribution in [3.63, 3.8) is 0 Å². The monoisotopic (exact) mass is 332 g/mol. The van der Waals surface area contributed by atoms with Gasteiger partial charge in [-0.3, -0.25) is 4.79 Å². The molecule has 23 heavy (non-hydrogen) atoms. The van der Waals surface area contributed by atoms with E-state index in [0.717, 1.165) is 16.3 Å². The molecule has 0 saturated heterocycles. The molecule has 6 heteroatoms. The number of benzene rings is 1. The Morgan fingerprint density at radius 3 is 2.65 bits per heavy atom. The van der Waals surface area contributed by atoms with Crippen molar-refractivity contribution in [1.29, 1.82) is 0 Å². The summed E-state index contributed by atoms with van der Waals surface area (Å²) < 4.78 is 0. The second-order valence-electron chi connectivity index (χ2n) is 5.87. The maximum absolute atomic E-state index is 12.3. The van der Waals surface area contributed by atoms with Crippen molar-refractivity contribution in [3.8, 4) is 10.6 Å². The highest BCUT2D eigenvalue weighted by Crippen LogP contribution is 2.24. The molecule has 0 bridgehead atoms. The molecule has 1 aromatic carbocycles. The van der Waals surface area contributed by atoms with Crippen molar-refractivity contribution in [2.45, 2.75) is 33.2 Å². The van der Waals surface area contributed by atoms with Crippen molar-refractivity contribution in [2.24, 2.45) is 5.92 Å². The number of nitrogens with zero attached hydrogens (tertiary/aromatic N) is 1. The first-order chi connectivity index (χ1) is 10.9. The van der Waals surface area contributed by atoms with Crippen LogP contribution in [0.1, 0.15) is 36.3 Å². The third-order valence-electron chi connectivity index (χ3n) is 3.30. The summed E-state index contributed by atoms with van der Waals surface area (Å²) in [6.45, 7) is 5.76. The van der Waals surface area contributed by atoms with E-state index in [0.29, 0.717) is 12.0 Å². The zero-order valence-electron chi connectivity index (χ0n) is 13.4. The average Bonchev–Trinajstić information content (AvgIpc) is 2.92. The molecule has 2 N–H and O–H groups in total. The number of hydrogen-bond donors (Lipinski definition) is 2. The quantitative estimate of drug-likeness (QED) is 0.850. The number of carboxylic acids is 1. The van der Waals surface area contributed by atoms with Gasteiger partial charge in [-0.1, -0.05) is 26.0 Å². The average molecular weight is 332 g/mol. The lowest BCUT2D eigenvalue weighted by atomic mass is 10.0. The summed E-state index contributed by atoms with van der Waals surface area (Å²) in [7, 11) is 0. The summed E-state index contributed by atoms with van der Waals surface area (Å²) in [5.41, 5.74) is 2.22. The normalized spacial score (nSPS) is 12.2. The van der Waals surface area contributed by atoms with Crippen LogP contribution in [-0.2, 0) is 4.79 Å². The van der Waals surface area contributed by atoms with Gasteiger partial charge >= 0.3 is 5.97 Å². The number of aliphatic carboxylic acids is 1. The Hall–Kier alpha value is -2.21. The predicted molar refractivity (Wildman–Crippen MR) is 90.6 cm³/mol. The number of amides is 1. The largest absolute Gasteiger partial charge is 0.480 e. The van der Waals surface area contributed by atoms with E-state index < -0.39 is 12.0 Å². The van der Waals surface area contributed by atoms with Gasteiger partial charge in [0.15, 0.2) is 0 Å². The van der Waals surface area contributed by atoms with Gasteiger partial charge in [-0.2, -0.15) is 0 Å². The molecular weight excluding hydrogens is 312 g/mol. The second kappa shape index (κ2) is 7.37. The zero-order valence-corrected chi connectivity index (χ0v) is 14.2. The van der Waals surface area contributed by atoms with Crippen molar-refractivity contribution >= 4 is 23.2 Å². The molecule has 2 aromatic rings. The van der Waals surface area contributed by atoms with Gasteiger partial charge in [0.05, 0.1) is 0 Å². The molecule has 0 saturated carbocycles. The predicted octanol–water partition coefficient (Wildman–Crippen LogP) is 3.35. The van der Waals surface area contributed by atoms with Crippen LogP contribution in [0.25, 0.3) is 10.6 Å². The molecule has 122 valence electrons. The fraction of sp³-hybridized carbons (Fsp3) is 0.353. The number of hydrogen-bond acceptors (Lipinski definition) is 4. The maximum Gasteiger partial charge on any atom is 0.326 e. The Morgan fingerprint density at radius 2 is 2.09 bits per heavy atom. The fourth-order valence-electron chi connectivity index (χ4n) is 2.21. The van der Waals surface area contributed by atoms with Gasteiger partial charge in [-0.25, -0.2) is 9.78 Å². The minimum absolute atomic E-state index is 0.182. The number of aryl methyl sites for hydroxylation is 1. The summed E-state index contributed by atoms with van der Waals surface area (Å²) in [5, 5.41) is 14.6. The highest BCUT2D eigenvalue weighted by molar-refractivity contribution is 7.13. The van der Waals surface area contributed by atoms with Crippen LogP contribution in [0.15, 0.2) is 29.6 Å². The van der Waals surface area contributed by atoms with Crippen LogP contribution in [0, 0.1) is 12.8 Å². The van der Waals surface area contributed by atoms with Crippen LogP contribution in [0.4, 0.5) is 0 Å². The minimum Gasteiger partial charge on any atom is -0.480 e. The SMILES string of the molecule is Cc1csc(-c2cccc(C(=O)N[C@@H](CC(C)C)C(=O)O)c2)n1. The Morgan fingerprint density at radius 1 is 1.35 bits per heavy atom. The fourth-order valence-corrected chi connectivity index (χ4v) is 3.01. The van der Waals surface area contributed by atoms with Gasteiger partial charge in [-0.15, -0.1) is 11.3 Å². The van der Waals surface area contributed by atoms with E-state index >= 15 is 0 Å². The van der Waals surface area contributed by atoms with Crippen molar-refractivity contribution < 1.29 is 14.7 Å². The van der Waals surface area contributed by atoms with Crippen molar-refractivity contribution in [1.82, 2.24) is 10.3 Å². The first-order valence-corrected chi connectivity index (χ1v) is 8.31. The van der Waals surface area contributed by atoms with Gasteiger partial charge in [0.25, 0.3) is 5.91 Å². The van der Waals surface area contributed by atoms with Crippen LogP contribution in [0.3, 0.4) is 0 Å². The molecule has 0 aliphatic carbocycles. The Bertz CT molecular complexity index is 709. The third kappa shape index (κ3) is 4.63. The van der Waals surface area contributed by atoms with Crippen LogP contribution in [0.5, 0.6) is 0 Å².